The number of H-pyrrole nitrogens is 1. The highest BCUT2D eigenvalue weighted by Crippen LogP contribution is 2.26. The Kier molecular flexibility index (Phi) is 4.33. The molecule has 0 aliphatic rings. The third-order valence-electron chi connectivity index (χ3n) is 4.34. The molecular formula is C17H20FN5O. The van der Waals surface area contributed by atoms with Crippen molar-refractivity contribution in [2.75, 3.05) is 0 Å². The van der Waals surface area contributed by atoms with Gasteiger partial charge >= 0.3 is 0 Å². The molecule has 126 valence electrons. The number of carbonyl (C=O) groups is 1. The lowest BCUT2D eigenvalue weighted by Crippen LogP contribution is -2.31. The maximum absolute atomic E-state index is 13.9. The summed E-state index contributed by atoms with van der Waals surface area (Å²) in [6.45, 7) is 6.01. The monoisotopic (exact) mass is 329 g/mol. The molecule has 0 spiro atoms. The Bertz CT molecular complexity index is 869. The molecule has 7 heteroatoms. The van der Waals surface area contributed by atoms with Gasteiger partial charge in [-0.1, -0.05) is 6.92 Å². The van der Waals surface area contributed by atoms with Crippen LogP contribution in [0.25, 0.3) is 10.9 Å². The number of hydrogen-bond donors (Lipinski definition) is 2. The van der Waals surface area contributed by atoms with E-state index in [9.17, 15) is 9.18 Å². The van der Waals surface area contributed by atoms with Gasteiger partial charge in [-0.25, -0.2) is 14.1 Å². The van der Waals surface area contributed by atoms with E-state index < -0.39 is 6.04 Å². The number of carbonyl (C=O) groups excluding carboxylic acids is 1. The van der Waals surface area contributed by atoms with Crippen molar-refractivity contribution in [3.05, 3.63) is 47.4 Å². The topological polar surface area (TPSA) is 75.6 Å². The van der Waals surface area contributed by atoms with Crippen LogP contribution in [0.15, 0.2) is 24.8 Å². The minimum atomic E-state index is -0.479. The molecule has 1 aromatic carbocycles. The molecule has 0 fully saturated rings. The van der Waals surface area contributed by atoms with Crippen molar-refractivity contribution in [2.45, 2.75) is 39.8 Å². The zero-order valence-corrected chi connectivity index (χ0v) is 13.9. The van der Waals surface area contributed by atoms with Crippen molar-refractivity contribution in [3.63, 3.8) is 0 Å². The molecule has 6 nitrogen and oxygen atoms in total. The van der Waals surface area contributed by atoms with Crippen LogP contribution < -0.4 is 5.32 Å². The molecule has 0 radical (unpaired) electrons. The summed E-state index contributed by atoms with van der Waals surface area (Å²) in [5, 5.41) is 7.66. The number of amides is 1. The fraction of sp³-hybridized carbons (Fsp3) is 0.353. The summed E-state index contributed by atoms with van der Waals surface area (Å²) in [5.41, 5.74) is 3.74. The molecule has 2 heterocycles. The molecule has 0 aliphatic heterocycles. The lowest BCUT2D eigenvalue weighted by molar-refractivity contribution is -0.124. The van der Waals surface area contributed by atoms with Gasteiger partial charge in [0.15, 0.2) is 0 Å². The number of nitrogens with zero attached hydrogens (tertiary/aromatic N) is 3. The normalized spacial score (nSPS) is 12.5. The fourth-order valence-electron chi connectivity index (χ4n) is 2.87. The van der Waals surface area contributed by atoms with Gasteiger partial charge in [0.1, 0.15) is 24.5 Å². The second-order valence-electron chi connectivity index (χ2n) is 5.84. The Hall–Kier alpha value is -2.70. The average molecular weight is 329 g/mol. The van der Waals surface area contributed by atoms with Crippen LogP contribution in [0.2, 0.25) is 0 Å². The number of nitrogens with one attached hydrogen (secondary N) is 2. The lowest BCUT2D eigenvalue weighted by atomic mass is 10.1. The summed E-state index contributed by atoms with van der Waals surface area (Å²) in [5.74, 6) is -0.502. The summed E-state index contributed by atoms with van der Waals surface area (Å²) in [6, 6.07) is 2.51. The molecule has 2 aromatic heterocycles. The summed E-state index contributed by atoms with van der Waals surface area (Å²) in [7, 11) is 0. The van der Waals surface area contributed by atoms with Crippen molar-refractivity contribution >= 4 is 16.8 Å². The van der Waals surface area contributed by atoms with Crippen LogP contribution in [-0.4, -0.2) is 25.7 Å². The predicted octanol–water partition coefficient (Wildman–Crippen LogP) is 2.65. The van der Waals surface area contributed by atoms with E-state index in [0.29, 0.717) is 0 Å². The lowest BCUT2D eigenvalue weighted by Gasteiger charge is -2.12. The van der Waals surface area contributed by atoms with E-state index in [4.69, 9.17) is 0 Å². The van der Waals surface area contributed by atoms with E-state index in [1.54, 1.807) is 6.92 Å². The molecule has 1 amide bonds. The van der Waals surface area contributed by atoms with Gasteiger partial charge in [0.05, 0.1) is 5.52 Å². The summed E-state index contributed by atoms with van der Waals surface area (Å²) >= 11 is 0. The minimum Gasteiger partial charge on any atom is -0.358 e. The Labute approximate surface area is 139 Å². The number of hydrogen-bond acceptors (Lipinski definition) is 3. The average Bonchev–Trinajstić information content (AvgIpc) is 3.20. The number of halogens is 1. The molecule has 1 atom stereocenters. The minimum absolute atomic E-state index is 0.197. The van der Waals surface area contributed by atoms with Gasteiger partial charge in [-0.05, 0) is 43.5 Å². The van der Waals surface area contributed by atoms with Crippen molar-refractivity contribution in [3.8, 4) is 0 Å². The van der Waals surface area contributed by atoms with Gasteiger partial charge in [-0.15, -0.1) is 0 Å². The van der Waals surface area contributed by atoms with E-state index in [0.717, 1.165) is 34.1 Å². The van der Waals surface area contributed by atoms with Crippen LogP contribution in [0.1, 0.15) is 36.7 Å². The predicted molar refractivity (Wildman–Crippen MR) is 89.0 cm³/mol. The van der Waals surface area contributed by atoms with Gasteiger partial charge in [-0.3, -0.25) is 4.79 Å². The number of benzene rings is 1. The summed E-state index contributed by atoms with van der Waals surface area (Å²) in [4.78, 5) is 19.4. The molecule has 24 heavy (non-hydrogen) atoms. The maximum atomic E-state index is 13.9. The number of rotatable bonds is 5. The van der Waals surface area contributed by atoms with Crippen LogP contribution in [0.5, 0.6) is 0 Å². The third kappa shape index (κ3) is 2.89. The standard InChI is InChI=1S/C17H20FN5O/c1-4-15-10(2)14-6-13(18)5-12(16(14)22-15)7-20-17(24)11(3)23-9-19-8-21-23/h5-6,8-9,11,22H,4,7H2,1-3H3,(H,20,24)/t11-/m0/s1. The van der Waals surface area contributed by atoms with E-state index >= 15 is 0 Å². The highest BCUT2D eigenvalue weighted by atomic mass is 19.1. The highest BCUT2D eigenvalue weighted by molar-refractivity contribution is 5.88. The first-order chi connectivity index (χ1) is 11.5. The van der Waals surface area contributed by atoms with Crippen LogP contribution >= 0.6 is 0 Å². The van der Waals surface area contributed by atoms with E-state index in [-0.39, 0.29) is 18.3 Å². The molecule has 2 N–H and O–H groups in total. The smallest absolute Gasteiger partial charge is 0.244 e. The van der Waals surface area contributed by atoms with Crippen LogP contribution in [-0.2, 0) is 17.8 Å². The Morgan fingerprint density at radius 3 is 2.92 bits per heavy atom. The third-order valence-corrected chi connectivity index (χ3v) is 4.34. The van der Waals surface area contributed by atoms with Crippen LogP contribution in [0, 0.1) is 12.7 Å². The molecule has 3 aromatic rings. The summed E-state index contributed by atoms with van der Waals surface area (Å²) in [6.07, 6.45) is 3.72. The van der Waals surface area contributed by atoms with E-state index in [2.05, 4.69) is 27.3 Å². The number of fused-ring (bicyclic) bond motifs is 1. The first kappa shape index (κ1) is 16.2. The van der Waals surface area contributed by atoms with Crippen LogP contribution in [0.3, 0.4) is 0 Å². The SMILES string of the molecule is CCc1[nH]c2c(CNC(=O)[C@H](C)n3cncn3)cc(F)cc2c1C. The first-order valence-corrected chi connectivity index (χ1v) is 7.92. The van der Waals surface area contributed by atoms with Gasteiger partial charge < -0.3 is 10.3 Å². The number of aromatic amines is 1. The zero-order valence-electron chi connectivity index (χ0n) is 13.9. The van der Waals surface area contributed by atoms with Crippen molar-refractivity contribution in [1.82, 2.24) is 25.1 Å². The van der Waals surface area contributed by atoms with Crippen molar-refractivity contribution < 1.29 is 9.18 Å². The Balaban J connectivity index is 1.83. The van der Waals surface area contributed by atoms with Gasteiger partial charge in [0.25, 0.3) is 0 Å². The second-order valence-corrected chi connectivity index (χ2v) is 5.84. The molecular weight excluding hydrogens is 309 g/mol. The molecule has 3 rings (SSSR count). The quantitative estimate of drug-likeness (QED) is 0.755. The van der Waals surface area contributed by atoms with Crippen molar-refractivity contribution in [1.29, 1.82) is 0 Å². The first-order valence-electron chi connectivity index (χ1n) is 7.92. The molecule has 0 aliphatic carbocycles. The largest absolute Gasteiger partial charge is 0.358 e. The zero-order chi connectivity index (χ0) is 17.3. The Morgan fingerprint density at radius 1 is 1.46 bits per heavy atom. The van der Waals surface area contributed by atoms with Gasteiger partial charge in [0, 0.05) is 17.6 Å². The fourth-order valence-corrected chi connectivity index (χ4v) is 2.87. The number of aryl methyl sites for hydroxylation is 2. The van der Waals surface area contributed by atoms with E-state index in [1.165, 1.54) is 29.5 Å². The van der Waals surface area contributed by atoms with Gasteiger partial charge in [0.2, 0.25) is 5.91 Å². The van der Waals surface area contributed by atoms with Crippen molar-refractivity contribution in [2.24, 2.45) is 0 Å². The Morgan fingerprint density at radius 2 is 2.25 bits per heavy atom. The second kappa shape index (κ2) is 6.43. The van der Waals surface area contributed by atoms with Gasteiger partial charge in [-0.2, -0.15) is 5.10 Å². The molecule has 0 saturated carbocycles. The summed E-state index contributed by atoms with van der Waals surface area (Å²) < 4.78 is 15.4. The molecule has 0 unspecified atom stereocenters. The molecule has 0 bridgehead atoms. The number of aromatic nitrogens is 4. The van der Waals surface area contributed by atoms with Crippen LogP contribution in [0.4, 0.5) is 4.39 Å². The highest BCUT2D eigenvalue weighted by Gasteiger charge is 2.17. The maximum Gasteiger partial charge on any atom is 0.244 e. The van der Waals surface area contributed by atoms with E-state index in [1.807, 2.05) is 6.92 Å². The molecule has 0 saturated heterocycles.